The fourth-order valence-corrected chi connectivity index (χ4v) is 4.99. The van der Waals surface area contributed by atoms with Gasteiger partial charge in [-0.1, -0.05) is 174 Å². The number of rotatable bonds is 30. The van der Waals surface area contributed by atoms with Gasteiger partial charge in [0, 0.05) is 6.61 Å². The van der Waals surface area contributed by atoms with Crippen LogP contribution in [0.25, 0.3) is 0 Å². The summed E-state index contributed by atoms with van der Waals surface area (Å²) >= 11 is 0. The predicted molar refractivity (Wildman–Crippen MR) is 153 cm³/mol. The zero-order valence-corrected chi connectivity index (χ0v) is 23.9. The van der Waals surface area contributed by atoms with Crippen LogP contribution in [0.5, 0.6) is 0 Å². The van der Waals surface area contributed by atoms with E-state index in [0.717, 1.165) is 19.4 Å². The molecule has 0 bridgehead atoms. The first-order valence-corrected chi connectivity index (χ1v) is 16.1. The maximum Gasteiger partial charge on any atom is 0.0805 e. The Morgan fingerprint density at radius 2 is 0.706 bits per heavy atom. The molecular weight excluding hydrogens is 416 g/mol. The zero-order valence-electron chi connectivity index (χ0n) is 23.9. The Morgan fingerprint density at radius 1 is 0.412 bits per heavy atom. The lowest BCUT2D eigenvalue weighted by atomic mass is 10.0. The van der Waals surface area contributed by atoms with Crippen molar-refractivity contribution < 1.29 is 9.84 Å². The van der Waals surface area contributed by atoms with Crippen molar-refractivity contribution in [3.63, 3.8) is 0 Å². The molecule has 34 heavy (non-hydrogen) atoms. The lowest BCUT2D eigenvalue weighted by Gasteiger charge is -2.15. The molecule has 0 spiro atoms. The van der Waals surface area contributed by atoms with E-state index in [1.54, 1.807) is 0 Å². The molecule has 0 radical (unpaired) electrons. The van der Waals surface area contributed by atoms with Crippen molar-refractivity contribution in [3.8, 4) is 0 Å². The lowest BCUT2D eigenvalue weighted by molar-refractivity contribution is 0.00497. The van der Waals surface area contributed by atoms with Crippen LogP contribution in [0.2, 0.25) is 0 Å². The molecule has 0 aromatic carbocycles. The molecule has 0 saturated carbocycles. The van der Waals surface area contributed by atoms with Crippen molar-refractivity contribution in [2.24, 2.45) is 0 Å². The second-order valence-corrected chi connectivity index (χ2v) is 10.9. The van der Waals surface area contributed by atoms with Crippen molar-refractivity contribution in [3.05, 3.63) is 0 Å². The van der Waals surface area contributed by atoms with Crippen LogP contribution < -0.4 is 0 Å². The molecule has 1 atom stereocenters. The van der Waals surface area contributed by atoms with Crippen LogP contribution in [-0.4, -0.2) is 24.4 Å². The second-order valence-electron chi connectivity index (χ2n) is 10.9. The van der Waals surface area contributed by atoms with E-state index in [9.17, 15) is 5.11 Å². The van der Waals surface area contributed by atoms with Crippen molar-refractivity contribution >= 4 is 0 Å². The molecule has 0 aromatic heterocycles. The van der Waals surface area contributed by atoms with Crippen LogP contribution in [0.4, 0.5) is 0 Å². The van der Waals surface area contributed by atoms with Crippen LogP contribution >= 0.6 is 0 Å². The molecule has 1 unspecified atom stereocenters. The molecule has 0 fully saturated rings. The average Bonchev–Trinajstić information content (AvgIpc) is 2.85. The Morgan fingerprint density at radius 3 is 1.03 bits per heavy atom. The Bertz CT molecular complexity index is 344. The van der Waals surface area contributed by atoms with Gasteiger partial charge < -0.3 is 9.84 Å². The first-order chi connectivity index (χ1) is 16.8. The lowest BCUT2D eigenvalue weighted by Crippen LogP contribution is -2.18. The minimum absolute atomic E-state index is 0.0743. The van der Waals surface area contributed by atoms with Gasteiger partial charge in [0.15, 0.2) is 0 Å². The van der Waals surface area contributed by atoms with Gasteiger partial charge in [0.05, 0.1) is 12.7 Å². The summed E-state index contributed by atoms with van der Waals surface area (Å²) in [7, 11) is 0. The Hall–Kier alpha value is -0.0800. The predicted octanol–water partition coefficient (Wildman–Crippen LogP) is 10.9. The van der Waals surface area contributed by atoms with Crippen LogP contribution in [0.15, 0.2) is 0 Å². The summed E-state index contributed by atoms with van der Waals surface area (Å²) in [5.74, 6) is 0. The van der Waals surface area contributed by atoms with Gasteiger partial charge in [-0.3, -0.25) is 0 Å². The largest absolute Gasteiger partial charge is 0.394 e. The smallest absolute Gasteiger partial charge is 0.0805 e. The molecule has 0 heterocycles. The van der Waals surface area contributed by atoms with Crippen LogP contribution in [-0.2, 0) is 4.74 Å². The number of ether oxygens (including phenoxy) is 1. The monoisotopic (exact) mass is 483 g/mol. The van der Waals surface area contributed by atoms with E-state index >= 15 is 0 Å². The third-order valence-electron chi connectivity index (χ3n) is 7.43. The van der Waals surface area contributed by atoms with E-state index in [1.807, 2.05) is 0 Å². The molecule has 0 rings (SSSR count). The maximum atomic E-state index is 9.59. The molecule has 0 aromatic rings. The molecule has 0 aliphatic carbocycles. The highest BCUT2D eigenvalue weighted by molar-refractivity contribution is 4.58. The quantitative estimate of drug-likeness (QED) is 0.103. The summed E-state index contributed by atoms with van der Waals surface area (Å²) in [4.78, 5) is 0. The summed E-state index contributed by atoms with van der Waals surface area (Å²) < 4.78 is 5.94. The van der Waals surface area contributed by atoms with E-state index in [-0.39, 0.29) is 12.7 Å². The van der Waals surface area contributed by atoms with E-state index in [0.29, 0.717) is 0 Å². The van der Waals surface area contributed by atoms with Gasteiger partial charge in [-0.2, -0.15) is 0 Å². The van der Waals surface area contributed by atoms with Gasteiger partial charge in [-0.25, -0.2) is 0 Å². The molecule has 1 N–H and O–H groups in total. The maximum absolute atomic E-state index is 9.59. The third kappa shape index (κ3) is 28.2. The average molecular weight is 483 g/mol. The highest BCUT2D eigenvalue weighted by Crippen LogP contribution is 2.15. The van der Waals surface area contributed by atoms with E-state index in [1.165, 1.54) is 161 Å². The summed E-state index contributed by atoms with van der Waals surface area (Å²) in [5.41, 5.74) is 0. The van der Waals surface area contributed by atoms with Gasteiger partial charge in [0.1, 0.15) is 0 Å². The number of unbranched alkanes of at least 4 members (excludes halogenated alkanes) is 24. The Labute approximate surface area is 216 Å². The first-order valence-electron chi connectivity index (χ1n) is 16.1. The van der Waals surface area contributed by atoms with Gasteiger partial charge in [-0.05, 0) is 12.8 Å². The van der Waals surface area contributed by atoms with Gasteiger partial charge in [0.25, 0.3) is 0 Å². The van der Waals surface area contributed by atoms with Gasteiger partial charge in [-0.15, -0.1) is 0 Å². The Kier molecular flexibility index (Phi) is 30.9. The summed E-state index contributed by atoms with van der Waals surface area (Å²) in [5, 5.41) is 9.59. The van der Waals surface area contributed by atoms with E-state index < -0.39 is 0 Å². The molecular formula is C32H66O2. The van der Waals surface area contributed by atoms with Crippen LogP contribution in [0.1, 0.15) is 187 Å². The van der Waals surface area contributed by atoms with Crippen molar-refractivity contribution in [1.82, 2.24) is 0 Å². The number of hydrogen-bond donors (Lipinski definition) is 1. The summed E-state index contributed by atoms with van der Waals surface area (Å²) in [6, 6.07) is 0. The number of aliphatic hydroxyl groups is 1. The van der Waals surface area contributed by atoms with Gasteiger partial charge in [0.2, 0.25) is 0 Å². The molecule has 0 saturated heterocycles. The third-order valence-corrected chi connectivity index (χ3v) is 7.43. The normalized spacial score (nSPS) is 12.4. The minimum Gasteiger partial charge on any atom is -0.394 e. The fourth-order valence-electron chi connectivity index (χ4n) is 4.99. The van der Waals surface area contributed by atoms with Crippen molar-refractivity contribution in [2.45, 2.75) is 193 Å². The molecule has 0 aliphatic rings. The van der Waals surface area contributed by atoms with Crippen LogP contribution in [0, 0.1) is 0 Å². The zero-order chi connectivity index (χ0) is 24.8. The second kappa shape index (κ2) is 31.0. The summed E-state index contributed by atoms with van der Waals surface area (Å²) in [6.45, 7) is 5.60. The SMILES string of the molecule is CCCCCCCCCCCCCCCCCCC(CO)OCCCCCCCCCCCC. The number of hydrogen-bond acceptors (Lipinski definition) is 2. The minimum atomic E-state index is 0.0743. The molecule has 0 amide bonds. The summed E-state index contributed by atoms with van der Waals surface area (Å²) in [6.07, 6.45) is 37.2. The standard InChI is InChI=1S/C32H66O2/c1-3-5-7-9-11-13-15-16-17-18-19-20-21-23-25-27-29-32(31-33)34-30-28-26-24-22-14-12-10-8-6-4-2/h32-33H,3-31H2,1-2H3. The highest BCUT2D eigenvalue weighted by atomic mass is 16.5. The molecule has 0 aliphatic heterocycles. The van der Waals surface area contributed by atoms with Gasteiger partial charge >= 0.3 is 0 Å². The molecule has 2 nitrogen and oxygen atoms in total. The van der Waals surface area contributed by atoms with E-state index in [2.05, 4.69) is 13.8 Å². The van der Waals surface area contributed by atoms with Crippen LogP contribution in [0.3, 0.4) is 0 Å². The van der Waals surface area contributed by atoms with Crippen molar-refractivity contribution in [2.75, 3.05) is 13.2 Å². The highest BCUT2D eigenvalue weighted by Gasteiger charge is 2.07. The number of aliphatic hydroxyl groups excluding tert-OH is 1. The fraction of sp³-hybridized carbons (Fsp3) is 1.00. The van der Waals surface area contributed by atoms with E-state index in [4.69, 9.17) is 4.74 Å². The topological polar surface area (TPSA) is 29.5 Å². The molecule has 206 valence electrons. The molecule has 2 heteroatoms. The Balaban J connectivity index is 3.25. The first kappa shape index (κ1) is 33.9. The van der Waals surface area contributed by atoms with Crippen molar-refractivity contribution in [1.29, 1.82) is 0 Å².